The van der Waals surface area contributed by atoms with Gasteiger partial charge in [0.25, 0.3) is 5.91 Å². The molecule has 4 nitrogen and oxygen atoms in total. The van der Waals surface area contributed by atoms with E-state index < -0.39 is 0 Å². The van der Waals surface area contributed by atoms with Crippen LogP contribution in [0.3, 0.4) is 0 Å². The molecule has 22 heavy (non-hydrogen) atoms. The van der Waals surface area contributed by atoms with Gasteiger partial charge >= 0.3 is 0 Å². The maximum absolute atomic E-state index is 12.8. The SMILES string of the molecule is Cc1ccc(C)c2c(C)c(C(=O)N3CCNC[C@H]3C)oc12.Cl. The fourth-order valence-corrected chi connectivity index (χ4v) is 3.15. The number of nitrogens with one attached hydrogen (secondary N) is 1. The van der Waals surface area contributed by atoms with Crippen LogP contribution in [-0.4, -0.2) is 36.5 Å². The Morgan fingerprint density at radius 2 is 1.95 bits per heavy atom. The number of carbonyl (C=O) groups is 1. The molecule has 0 radical (unpaired) electrons. The first kappa shape index (κ1) is 16.8. The van der Waals surface area contributed by atoms with E-state index in [1.54, 1.807) is 0 Å². The maximum Gasteiger partial charge on any atom is 0.290 e. The van der Waals surface area contributed by atoms with Gasteiger partial charge in [0, 0.05) is 36.6 Å². The zero-order valence-electron chi connectivity index (χ0n) is 13.5. The second kappa shape index (κ2) is 6.31. The van der Waals surface area contributed by atoms with Crippen molar-refractivity contribution < 1.29 is 9.21 Å². The molecule has 0 spiro atoms. The summed E-state index contributed by atoms with van der Waals surface area (Å²) >= 11 is 0. The molecular formula is C17H23ClN2O2. The standard InChI is InChI=1S/C17H22N2O2.ClH/c1-10-5-6-11(2)15-14(10)13(4)16(21-15)17(20)19-8-7-18-9-12(19)3;/h5-6,12,18H,7-9H2,1-4H3;1H/t12-;/m1./s1. The number of halogens is 1. The molecule has 1 aromatic heterocycles. The minimum atomic E-state index is 0. The van der Waals surface area contributed by atoms with Crippen LogP contribution in [0.2, 0.25) is 0 Å². The third-order valence-electron chi connectivity index (χ3n) is 4.44. The fourth-order valence-electron chi connectivity index (χ4n) is 3.15. The van der Waals surface area contributed by atoms with Gasteiger partial charge in [0.15, 0.2) is 5.76 Å². The highest BCUT2D eigenvalue weighted by Crippen LogP contribution is 2.31. The number of fused-ring (bicyclic) bond motifs is 1. The van der Waals surface area contributed by atoms with Crippen molar-refractivity contribution in [3.63, 3.8) is 0 Å². The van der Waals surface area contributed by atoms with E-state index in [9.17, 15) is 4.79 Å². The Hall–Kier alpha value is -1.52. The van der Waals surface area contributed by atoms with Crippen LogP contribution in [0.4, 0.5) is 0 Å². The molecule has 0 aliphatic carbocycles. The smallest absolute Gasteiger partial charge is 0.290 e. The minimum absolute atomic E-state index is 0. The summed E-state index contributed by atoms with van der Waals surface area (Å²) in [6.07, 6.45) is 0. The van der Waals surface area contributed by atoms with Crippen molar-refractivity contribution in [2.45, 2.75) is 33.7 Å². The van der Waals surface area contributed by atoms with Crippen LogP contribution in [0.1, 0.15) is 34.2 Å². The molecule has 1 aliphatic heterocycles. The van der Waals surface area contributed by atoms with Crippen molar-refractivity contribution in [3.8, 4) is 0 Å². The first-order valence-electron chi connectivity index (χ1n) is 7.51. The van der Waals surface area contributed by atoms with Gasteiger partial charge in [-0.3, -0.25) is 4.79 Å². The summed E-state index contributed by atoms with van der Waals surface area (Å²) < 4.78 is 5.96. The molecule has 3 rings (SSSR count). The lowest BCUT2D eigenvalue weighted by atomic mass is 10.0. The van der Waals surface area contributed by atoms with Gasteiger partial charge in [-0.2, -0.15) is 0 Å². The van der Waals surface area contributed by atoms with E-state index in [1.807, 2.05) is 24.8 Å². The number of aryl methyl sites for hydroxylation is 3. The van der Waals surface area contributed by atoms with Crippen molar-refractivity contribution in [1.82, 2.24) is 10.2 Å². The van der Waals surface area contributed by atoms with Crippen LogP contribution in [0.5, 0.6) is 0 Å². The molecule has 0 unspecified atom stereocenters. The van der Waals surface area contributed by atoms with Crippen molar-refractivity contribution in [2.24, 2.45) is 0 Å². The lowest BCUT2D eigenvalue weighted by Gasteiger charge is -2.33. The van der Waals surface area contributed by atoms with E-state index in [2.05, 4.69) is 25.2 Å². The summed E-state index contributed by atoms with van der Waals surface area (Å²) in [6.45, 7) is 10.5. The van der Waals surface area contributed by atoms with Crippen LogP contribution < -0.4 is 5.32 Å². The molecule has 1 N–H and O–H groups in total. The van der Waals surface area contributed by atoms with Gasteiger partial charge < -0.3 is 14.6 Å². The largest absolute Gasteiger partial charge is 0.450 e. The number of hydrogen-bond donors (Lipinski definition) is 1. The monoisotopic (exact) mass is 322 g/mol. The lowest BCUT2D eigenvalue weighted by Crippen LogP contribution is -2.52. The number of furan rings is 1. The highest BCUT2D eigenvalue weighted by atomic mass is 35.5. The summed E-state index contributed by atoms with van der Waals surface area (Å²) in [5.41, 5.74) is 4.04. The highest BCUT2D eigenvalue weighted by Gasteiger charge is 2.29. The summed E-state index contributed by atoms with van der Waals surface area (Å²) in [5.74, 6) is 0.507. The Labute approximate surface area is 137 Å². The van der Waals surface area contributed by atoms with Gasteiger partial charge in [0.05, 0.1) is 0 Å². The van der Waals surface area contributed by atoms with Gasteiger partial charge in [-0.15, -0.1) is 12.4 Å². The van der Waals surface area contributed by atoms with E-state index in [0.29, 0.717) is 5.76 Å². The maximum atomic E-state index is 12.8. The second-order valence-electron chi connectivity index (χ2n) is 6.01. The molecule has 1 amide bonds. The summed E-state index contributed by atoms with van der Waals surface area (Å²) in [5, 5.41) is 4.39. The normalized spacial score (nSPS) is 18.4. The van der Waals surface area contributed by atoms with Crippen molar-refractivity contribution in [1.29, 1.82) is 0 Å². The molecular weight excluding hydrogens is 300 g/mol. The molecule has 1 saturated heterocycles. The Morgan fingerprint density at radius 3 is 2.59 bits per heavy atom. The predicted molar refractivity (Wildman–Crippen MR) is 91.0 cm³/mol. The fraction of sp³-hybridized carbons (Fsp3) is 0.471. The first-order valence-corrected chi connectivity index (χ1v) is 7.51. The molecule has 0 bridgehead atoms. The van der Waals surface area contributed by atoms with Gasteiger partial charge in [0.1, 0.15) is 5.58 Å². The Morgan fingerprint density at radius 1 is 1.27 bits per heavy atom. The van der Waals surface area contributed by atoms with E-state index >= 15 is 0 Å². The minimum Gasteiger partial charge on any atom is -0.450 e. The Bertz CT molecular complexity index is 708. The predicted octanol–water partition coefficient (Wildman–Crippen LogP) is 3.21. The van der Waals surface area contributed by atoms with Crippen molar-refractivity contribution >= 4 is 29.3 Å². The number of hydrogen-bond acceptors (Lipinski definition) is 3. The summed E-state index contributed by atoms with van der Waals surface area (Å²) in [4.78, 5) is 14.7. The number of carbonyl (C=O) groups excluding carboxylic acids is 1. The molecule has 1 aromatic carbocycles. The molecule has 1 aliphatic rings. The summed E-state index contributed by atoms with van der Waals surface area (Å²) in [6, 6.07) is 4.32. The third kappa shape index (κ3) is 2.61. The quantitative estimate of drug-likeness (QED) is 0.877. The molecule has 5 heteroatoms. The third-order valence-corrected chi connectivity index (χ3v) is 4.44. The average molecular weight is 323 g/mol. The van der Waals surface area contributed by atoms with Crippen LogP contribution in [0, 0.1) is 20.8 Å². The summed E-state index contributed by atoms with van der Waals surface area (Å²) in [7, 11) is 0. The van der Waals surface area contributed by atoms with Crippen LogP contribution >= 0.6 is 12.4 Å². The van der Waals surface area contributed by atoms with Gasteiger partial charge in [0.2, 0.25) is 0 Å². The number of piperazine rings is 1. The van der Waals surface area contributed by atoms with Gasteiger partial charge in [-0.25, -0.2) is 0 Å². The zero-order chi connectivity index (χ0) is 15.1. The number of nitrogens with zero attached hydrogens (tertiary/aromatic N) is 1. The number of rotatable bonds is 1. The van der Waals surface area contributed by atoms with Gasteiger partial charge in [-0.1, -0.05) is 12.1 Å². The topological polar surface area (TPSA) is 45.5 Å². The molecule has 1 atom stereocenters. The first-order chi connectivity index (χ1) is 10.0. The second-order valence-corrected chi connectivity index (χ2v) is 6.01. The lowest BCUT2D eigenvalue weighted by molar-refractivity contribution is 0.0624. The van der Waals surface area contributed by atoms with E-state index in [1.165, 1.54) is 0 Å². The van der Waals surface area contributed by atoms with Crippen molar-refractivity contribution in [3.05, 3.63) is 34.6 Å². The van der Waals surface area contributed by atoms with Crippen LogP contribution in [0.25, 0.3) is 11.0 Å². The van der Waals surface area contributed by atoms with Crippen LogP contribution in [-0.2, 0) is 0 Å². The van der Waals surface area contributed by atoms with Crippen LogP contribution in [0.15, 0.2) is 16.5 Å². The van der Waals surface area contributed by atoms with E-state index in [-0.39, 0.29) is 24.4 Å². The number of amides is 1. The van der Waals surface area contributed by atoms with Gasteiger partial charge in [-0.05, 0) is 38.8 Å². The molecule has 120 valence electrons. The average Bonchev–Trinajstić information content (AvgIpc) is 2.82. The van der Waals surface area contributed by atoms with E-state index in [4.69, 9.17) is 4.42 Å². The Kier molecular flexibility index (Phi) is 4.83. The zero-order valence-corrected chi connectivity index (χ0v) is 14.3. The highest BCUT2D eigenvalue weighted by molar-refractivity contribution is 6.00. The molecule has 1 fully saturated rings. The van der Waals surface area contributed by atoms with Crippen molar-refractivity contribution in [2.75, 3.05) is 19.6 Å². The molecule has 0 saturated carbocycles. The number of benzene rings is 1. The van der Waals surface area contributed by atoms with E-state index in [0.717, 1.165) is 47.3 Å². The Balaban J connectivity index is 0.00000176. The molecule has 2 heterocycles. The molecule has 2 aromatic rings.